The van der Waals surface area contributed by atoms with Gasteiger partial charge in [-0.25, -0.2) is 16.8 Å². The molecular weight excluding hydrogens is 383 g/mol. The number of ether oxygens (including phenoxy) is 1. The van der Waals surface area contributed by atoms with E-state index < -0.39 is 38.0 Å². The van der Waals surface area contributed by atoms with E-state index >= 15 is 0 Å². The molecule has 25 heavy (non-hydrogen) atoms. The highest BCUT2D eigenvalue weighted by Gasteiger charge is 2.46. The minimum absolute atomic E-state index is 0.0897. The van der Waals surface area contributed by atoms with E-state index in [0.717, 1.165) is 22.5 Å². The molecule has 1 atom stereocenters. The Bertz CT molecular complexity index is 863. The standard InChI is InChI=1S/C14H16F3NO5S2/c15-14(16,17)23-12-2-1-3-13(8-12)25(21,22)18(10-4-5-10)11-6-7-24(19,20)9-11/h1-3,8,10-11H,4-7,9H2/t11-/m0/s1. The number of hydrogen-bond donors (Lipinski definition) is 0. The predicted octanol–water partition coefficient (Wildman–Crippen LogP) is 1.93. The highest BCUT2D eigenvalue weighted by Crippen LogP contribution is 2.37. The summed E-state index contributed by atoms with van der Waals surface area (Å²) in [6.07, 6.45) is -3.53. The zero-order valence-electron chi connectivity index (χ0n) is 12.9. The number of nitrogens with zero attached hydrogens (tertiary/aromatic N) is 1. The molecule has 0 amide bonds. The first kappa shape index (κ1) is 18.5. The lowest BCUT2D eigenvalue weighted by Crippen LogP contribution is -2.42. The van der Waals surface area contributed by atoms with Crippen LogP contribution in [0.4, 0.5) is 13.2 Å². The average Bonchev–Trinajstić information content (AvgIpc) is 3.21. The van der Waals surface area contributed by atoms with Crippen molar-refractivity contribution >= 4 is 19.9 Å². The number of sulfonamides is 1. The number of rotatable bonds is 5. The minimum atomic E-state index is -4.93. The molecule has 1 heterocycles. The fraction of sp³-hybridized carbons (Fsp3) is 0.571. The topological polar surface area (TPSA) is 80.8 Å². The molecule has 3 rings (SSSR count). The van der Waals surface area contributed by atoms with Gasteiger partial charge in [0.1, 0.15) is 5.75 Å². The summed E-state index contributed by atoms with van der Waals surface area (Å²) >= 11 is 0. The van der Waals surface area contributed by atoms with Gasteiger partial charge in [-0.15, -0.1) is 13.2 Å². The highest BCUT2D eigenvalue weighted by atomic mass is 32.2. The largest absolute Gasteiger partial charge is 0.573 e. The van der Waals surface area contributed by atoms with Crippen LogP contribution in [0.1, 0.15) is 19.3 Å². The summed E-state index contributed by atoms with van der Waals surface area (Å²) in [7, 11) is -7.43. The Balaban J connectivity index is 1.92. The number of sulfone groups is 1. The molecule has 2 fully saturated rings. The van der Waals surface area contributed by atoms with Gasteiger partial charge >= 0.3 is 6.36 Å². The third-order valence-corrected chi connectivity index (χ3v) is 7.84. The van der Waals surface area contributed by atoms with Crippen LogP contribution in [0.3, 0.4) is 0 Å². The van der Waals surface area contributed by atoms with Crippen LogP contribution in [-0.2, 0) is 19.9 Å². The van der Waals surface area contributed by atoms with Crippen LogP contribution in [0.15, 0.2) is 29.2 Å². The maximum absolute atomic E-state index is 12.9. The van der Waals surface area contributed by atoms with Gasteiger partial charge in [0.05, 0.1) is 16.4 Å². The van der Waals surface area contributed by atoms with Gasteiger partial charge in [-0.3, -0.25) is 0 Å². The van der Waals surface area contributed by atoms with E-state index in [0.29, 0.717) is 12.8 Å². The molecule has 6 nitrogen and oxygen atoms in total. The van der Waals surface area contributed by atoms with Crippen LogP contribution in [0.25, 0.3) is 0 Å². The Labute approximate surface area is 143 Å². The van der Waals surface area contributed by atoms with Crippen LogP contribution < -0.4 is 4.74 Å². The second kappa shape index (κ2) is 6.13. The highest BCUT2D eigenvalue weighted by molar-refractivity contribution is 7.92. The Hall–Kier alpha value is -1.33. The number of alkyl halides is 3. The van der Waals surface area contributed by atoms with E-state index in [2.05, 4.69) is 4.74 Å². The van der Waals surface area contributed by atoms with Crippen molar-refractivity contribution in [3.63, 3.8) is 0 Å². The van der Waals surface area contributed by atoms with Crippen molar-refractivity contribution in [3.05, 3.63) is 24.3 Å². The normalized spacial score (nSPS) is 23.8. The lowest BCUT2D eigenvalue weighted by Gasteiger charge is -2.27. The zero-order chi connectivity index (χ0) is 18.5. The second-order valence-electron chi connectivity index (χ2n) is 6.15. The van der Waals surface area contributed by atoms with Crippen LogP contribution in [0, 0.1) is 0 Å². The van der Waals surface area contributed by atoms with Crippen molar-refractivity contribution < 1.29 is 34.7 Å². The fourth-order valence-corrected chi connectivity index (χ4v) is 6.69. The lowest BCUT2D eigenvalue weighted by atomic mass is 10.2. The molecule has 1 saturated carbocycles. The van der Waals surface area contributed by atoms with E-state index in [4.69, 9.17) is 0 Å². The molecule has 11 heteroatoms. The average molecular weight is 399 g/mol. The maximum Gasteiger partial charge on any atom is 0.573 e. The zero-order valence-corrected chi connectivity index (χ0v) is 14.6. The molecule has 0 bridgehead atoms. The van der Waals surface area contributed by atoms with E-state index in [-0.39, 0.29) is 28.9 Å². The van der Waals surface area contributed by atoms with Gasteiger partial charge in [0, 0.05) is 18.2 Å². The van der Waals surface area contributed by atoms with Gasteiger partial charge in [-0.05, 0) is 31.4 Å². The van der Waals surface area contributed by atoms with Crippen LogP contribution in [0.2, 0.25) is 0 Å². The van der Waals surface area contributed by atoms with Crippen molar-refractivity contribution in [2.45, 2.75) is 42.6 Å². The Kier molecular flexibility index (Phi) is 4.53. The summed E-state index contributed by atoms with van der Waals surface area (Å²) in [6.45, 7) is 0. The summed E-state index contributed by atoms with van der Waals surface area (Å²) in [5.74, 6) is -0.988. The summed E-state index contributed by atoms with van der Waals surface area (Å²) < 4.78 is 91.2. The SMILES string of the molecule is O=S1(=O)CC[C@H](N(C2CC2)S(=O)(=O)c2cccc(OC(F)(F)F)c2)C1. The molecule has 0 N–H and O–H groups in total. The molecule has 0 spiro atoms. The summed E-state index contributed by atoms with van der Waals surface area (Å²) in [6, 6.07) is 3.16. The van der Waals surface area contributed by atoms with Crippen molar-refractivity contribution in [1.82, 2.24) is 4.31 Å². The van der Waals surface area contributed by atoms with E-state index in [9.17, 15) is 30.0 Å². The van der Waals surface area contributed by atoms with Crippen LogP contribution in [-0.4, -0.2) is 51.1 Å². The van der Waals surface area contributed by atoms with Crippen molar-refractivity contribution in [2.24, 2.45) is 0 Å². The molecule has 0 radical (unpaired) electrons. The third kappa shape index (κ3) is 4.26. The van der Waals surface area contributed by atoms with Gasteiger partial charge in [0.2, 0.25) is 10.0 Å². The molecule has 0 aromatic heterocycles. The summed E-state index contributed by atoms with van der Waals surface area (Å²) in [5, 5.41) is 0. The minimum Gasteiger partial charge on any atom is -0.406 e. The molecular formula is C14H16F3NO5S2. The van der Waals surface area contributed by atoms with Gasteiger partial charge in [0.15, 0.2) is 9.84 Å². The first-order valence-electron chi connectivity index (χ1n) is 7.58. The molecule has 1 aromatic rings. The number of halogens is 3. The van der Waals surface area contributed by atoms with Gasteiger partial charge in [0.25, 0.3) is 0 Å². The Morgan fingerprint density at radius 3 is 2.32 bits per heavy atom. The third-order valence-electron chi connectivity index (χ3n) is 4.09. The Morgan fingerprint density at radius 1 is 1.12 bits per heavy atom. The molecule has 1 aliphatic carbocycles. The quantitative estimate of drug-likeness (QED) is 0.756. The van der Waals surface area contributed by atoms with Crippen molar-refractivity contribution in [2.75, 3.05) is 11.5 Å². The molecule has 1 aliphatic heterocycles. The van der Waals surface area contributed by atoms with Gasteiger partial charge in [-0.2, -0.15) is 4.31 Å². The first-order valence-corrected chi connectivity index (χ1v) is 10.8. The lowest BCUT2D eigenvalue weighted by molar-refractivity contribution is -0.274. The predicted molar refractivity (Wildman–Crippen MR) is 82.2 cm³/mol. The van der Waals surface area contributed by atoms with Crippen LogP contribution >= 0.6 is 0 Å². The molecule has 2 aliphatic rings. The monoisotopic (exact) mass is 399 g/mol. The second-order valence-corrected chi connectivity index (χ2v) is 10.2. The van der Waals surface area contributed by atoms with Crippen molar-refractivity contribution in [3.8, 4) is 5.75 Å². The maximum atomic E-state index is 12.9. The molecule has 140 valence electrons. The van der Waals surface area contributed by atoms with E-state index in [1.54, 1.807) is 0 Å². The molecule has 0 unspecified atom stereocenters. The van der Waals surface area contributed by atoms with E-state index in [1.165, 1.54) is 6.07 Å². The van der Waals surface area contributed by atoms with Gasteiger partial charge in [-0.1, -0.05) is 6.07 Å². The smallest absolute Gasteiger partial charge is 0.406 e. The number of hydrogen-bond acceptors (Lipinski definition) is 5. The van der Waals surface area contributed by atoms with Crippen molar-refractivity contribution in [1.29, 1.82) is 0 Å². The van der Waals surface area contributed by atoms with Gasteiger partial charge < -0.3 is 4.74 Å². The first-order chi connectivity index (χ1) is 11.5. The van der Waals surface area contributed by atoms with Crippen LogP contribution in [0.5, 0.6) is 5.75 Å². The molecule has 1 aromatic carbocycles. The summed E-state index contributed by atoms with van der Waals surface area (Å²) in [4.78, 5) is -0.342. The Morgan fingerprint density at radius 2 is 1.80 bits per heavy atom. The van der Waals surface area contributed by atoms with E-state index in [1.807, 2.05) is 0 Å². The fourth-order valence-electron chi connectivity index (χ4n) is 2.95. The summed E-state index contributed by atoms with van der Waals surface area (Å²) in [5.41, 5.74) is 0. The molecule has 1 saturated heterocycles. The number of benzene rings is 1.